The molecule has 10 nitrogen and oxygen atoms in total. The molecule has 1 amide bonds. The Morgan fingerprint density at radius 2 is 2.09 bits per heavy atom. The number of aliphatic hydroxyl groups excluding tert-OH is 1. The number of hydrogen-bond donors (Lipinski definition) is 4. The third kappa shape index (κ3) is 8.72. The average molecular weight is 693 g/mol. The molecular formula is C32H39F3N6O4S2. The lowest BCUT2D eigenvalue weighted by atomic mass is 10.0. The van der Waals surface area contributed by atoms with E-state index < -0.39 is 22.4 Å². The zero-order valence-electron chi connectivity index (χ0n) is 26.4. The number of likely N-dealkylation sites (tertiary alicyclic amines) is 1. The number of thioether (sulfide) groups is 1. The number of aryl methyl sites for hydroxylation is 1. The largest absolute Gasteiger partial charge is 0.495 e. The maximum Gasteiger partial charge on any atom is 0.446 e. The molecule has 3 unspecified atom stereocenters. The van der Waals surface area contributed by atoms with E-state index >= 15 is 0 Å². The van der Waals surface area contributed by atoms with Gasteiger partial charge in [-0.05, 0) is 80.1 Å². The fourth-order valence-electron chi connectivity index (χ4n) is 5.91. The van der Waals surface area contributed by atoms with Gasteiger partial charge in [0.25, 0.3) is 0 Å². The van der Waals surface area contributed by atoms with Crippen LogP contribution >= 0.6 is 11.8 Å². The quantitative estimate of drug-likeness (QED) is 0.143. The Kier molecular flexibility index (Phi) is 11.0. The minimum absolute atomic E-state index is 0.00536. The van der Waals surface area contributed by atoms with E-state index in [-0.39, 0.29) is 34.4 Å². The van der Waals surface area contributed by atoms with Crippen molar-refractivity contribution in [1.82, 2.24) is 19.8 Å². The first-order valence-electron chi connectivity index (χ1n) is 15.3. The number of aromatic nitrogens is 2. The maximum absolute atomic E-state index is 13.6. The lowest BCUT2D eigenvalue weighted by Gasteiger charge is -2.41. The molecule has 3 aromatic rings. The Labute approximate surface area is 278 Å². The molecule has 2 aliphatic heterocycles. The molecular weight excluding hydrogens is 654 g/mol. The van der Waals surface area contributed by atoms with Crippen molar-refractivity contribution in [3.05, 3.63) is 47.7 Å². The van der Waals surface area contributed by atoms with E-state index in [2.05, 4.69) is 37.8 Å². The van der Waals surface area contributed by atoms with Gasteiger partial charge in [0.15, 0.2) is 0 Å². The molecule has 3 atom stereocenters. The fraction of sp³-hybridized carbons (Fsp3) is 0.500. The molecule has 4 N–H and O–H groups in total. The van der Waals surface area contributed by atoms with Crippen molar-refractivity contribution >= 4 is 46.0 Å². The summed E-state index contributed by atoms with van der Waals surface area (Å²) in [5, 5.41) is 22.1. The van der Waals surface area contributed by atoms with Gasteiger partial charge in [0.1, 0.15) is 17.3 Å². The summed E-state index contributed by atoms with van der Waals surface area (Å²) in [6.45, 7) is 5.99. The number of carbonyl (C=O) groups excluding carboxylic acids is 1. The van der Waals surface area contributed by atoms with Crippen LogP contribution in [0.3, 0.4) is 0 Å². The van der Waals surface area contributed by atoms with Gasteiger partial charge in [0.2, 0.25) is 6.41 Å². The number of piperidine rings is 1. The Morgan fingerprint density at radius 1 is 1.30 bits per heavy atom. The van der Waals surface area contributed by atoms with Crippen molar-refractivity contribution in [2.75, 3.05) is 55.4 Å². The van der Waals surface area contributed by atoms with E-state index in [4.69, 9.17) is 9.84 Å². The standard InChI is InChI=1S/C28H30F3N5O2S2.C4H9NO2/c1-18-8-9-21(24(13-18)38-2)32-11-4-5-22-26(39-28(29,30)31)23-6-3-7-25(36(23)34-22)33-27-10-12-35(15-19(27)14-27)20-16-40(37)17-20;1-4(7)2-5-3-6/h3,6-9,13,19-20,32-33H,10-12,14-17H2,1-2H3;3-4,7H,2H2,1H3,(H,5,6). The highest BCUT2D eigenvalue weighted by molar-refractivity contribution is 8.00. The minimum atomic E-state index is -4.48. The molecule has 3 fully saturated rings. The first-order valence-corrected chi connectivity index (χ1v) is 17.6. The maximum atomic E-state index is 13.6. The van der Waals surface area contributed by atoms with Gasteiger partial charge >= 0.3 is 5.51 Å². The average Bonchev–Trinajstić information content (AvgIpc) is 3.62. The molecule has 1 aliphatic carbocycles. The topological polar surface area (TPSA) is 120 Å². The van der Waals surface area contributed by atoms with Gasteiger partial charge in [0, 0.05) is 53.5 Å². The molecule has 0 radical (unpaired) electrons. The second-order valence-electron chi connectivity index (χ2n) is 12.0. The Balaban J connectivity index is 0.000000559. The summed E-state index contributed by atoms with van der Waals surface area (Å²) in [5.41, 5.74) is -2.30. The summed E-state index contributed by atoms with van der Waals surface area (Å²) in [6, 6.07) is 11.4. The molecule has 6 rings (SSSR count). The smallest absolute Gasteiger partial charge is 0.446 e. The van der Waals surface area contributed by atoms with Gasteiger partial charge in [-0.2, -0.15) is 18.3 Å². The third-order valence-corrected chi connectivity index (χ3v) is 10.8. The van der Waals surface area contributed by atoms with Gasteiger partial charge in [-0.25, -0.2) is 4.52 Å². The number of alkyl halides is 3. The van der Waals surface area contributed by atoms with Crippen molar-refractivity contribution in [3.63, 3.8) is 0 Å². The van der Waals surface area contributed by atoms with Crippen LogP contribution in [0.25, 0.3) is 5.52 Å². The number of pyridine rings is 1. The van der Waals surface area contributed by atoms with Crippen LogP contribution in [0.5, 0.6) is 5.75 Å². The predicted octanol–water partition coefficient (Wildman–Crippen LogP) is 3.85. The molecule has 0 spiro atoms. The van der Waals surface area contributed by atoms with Crippen LogP contribution in [0.4, 0.5) is 24.7 Å². The van der Waals surface area contributed by atoms with Crippen LogP contribution in [0, 0.1) is 24.7 Å². The van der Waals surface area contributed by atoms with Crippen molar-refractivity contribution in [2.45, 2.75) is 54.8 Å². The zero-order valence-corrected chi connectivity index (χ0v) is 28.0. The van der Waals surface area contributed by atoms with Crippen molar-refractivity contribution in [2.24, 2.45) is 5.92 Å². The van der Waals surface area contributed by atoms with Crippen molar-refractivity contribution < 1.29 is 32.0 Å². The van der Waals surface area contributed by atoms with Crippen LogP contribution < -0.4 is 20.7 Å². The van der Waals surface area contributed by atoms with E-state index in [1.165, 1.54) is 0 Å². The fourth-order valence-corrected chi connectivity index (χ4v) is 7.77. The molecule has 3 aliphatic rings. The van der Waals surface area contributed by atoms with Crippen LogP contribution in [0.15, 0.2) is 41.3 Å². The number of halogens is 3. The second-order valence-corrected chi connectivity index (χ2v) is 14.6. The minimum Gasteiger partial charge on any atom is -0.495 e. The summed E-state index contributed by atoms with van der Waals surface area (Å²) in [5.74, 6) is 9.10. The van der Waals surface area contributed by atoms with Crippen molar-refractivity contribution in [1.29, 1.82) is 0 Å². The molecule has 2 aromatic heterocycles. The van der Waals surface area contributed by atoms with Crippen LogP contribution in [0.1, 0.15) is 31.0 Å². The summed E-state index contributed by atoms with van der Waals surface area (Å²) in [7, 11) is 0.908. The number of rotatable bonds is 10. The van der Waals surface area contributed by atoms with Crippen LogP contribution in [-0.4, -0.2) is 98.2 Å². The number of aliphatic hydroxyl groups is 1. The van der Waals surface area contributed by atoms with Gasteiger partial charge in [0.05, 0.1) is 35.9 Å². The van der Waals surface area contributed by atoms with E-state index in [0.29, 0.717) is 42.0 Å². The van der Waals surface area contributed by atoms with Gasteiger partial charge < -0.3 is 25.8 Å². The molecule has 1 saturated carbocycles. The zero-order chi connectivity index (χ0) is 33.8. The SMILES string of the molecule is CC(O)CNC=O.COc1cc(C)ccc1NCC#Cc1nn2c(NC34CCN(C5CS(=O)C5)CC3C4)cccc2c1SC(F)(F)F. The molecule has 47 heavy (non-hydrogen) atoms. The summed E-state index contributed by atoms with van der Waals surface area (Å²) in [6.07, 6.45) is 2.06. The highest BCUT2D eigenvalue weighted by Gasteiger charge is 2.58. The molecule has 254 valence electrons. The summed E-state index contributed by atoms with van der Waals surface area (Å²) in [4.78, 5) is 11.9. The Bertz CT molecular complexity index is 1670. The number of fused-ring (bicyclic) bond motifs is 2. The number of nitrogens with zero attached hydrogens (tertiary/aromatic N) is 3. The number of anilines is 2. The van der Waals surface area contributed by atoms with E-state index in [9.17, 15) is 22.2 Å². The van der Waals surface area contributed by atoms with Crippen LogP contribution in [-0.2, 0) is 15.6 Å². The molecule has 0 bridgehead atoms. The number of hydrogen-bond acceptors (Lipinski definition) is 9. The first-order chi connectivity index (χ1) is 22.4. The Morgan fingerprint density at radius 3 is 2.72 bits per heavy atom. The monoisotopic (exact) mass is 692 g/mol. The predicted molar refractivity (Wildman–Crippen MR) is 178 cm³/mol. The van der Waals surface area contributed by atoms with Crippen molar-refractivity contribution in [3.8, 4) is 17.6 Å². The van der Waals surface area contributed by atoms with Crippen LogP contribution in [0.2, 0.25) is 0 Å². The molecule has 4 heterocycles. The summed E-state index contributed by atoms with van der Waals surface area (Å²) < 4.78 is 59.2. The molecule has 1 aromatic carbocycles. The lowest BCUT2D eigenvalue weighted by molar-refractivity contribution is -0.109. The van der Waals surface area contributed by atoms with E-state index in [0.717, 1.165) is 48.7 Å². The number of carbonyl (C=O) groups is 1. The van der Waals surface area contributed by atoms with Gasteiger partial charge in [-0.1, -0.05) is 18.1 Å². The highest BCUT2D eigenvalue weighted by atomic mass is 32.2. The number of benzene rings is 1. The molecule has 2 saturated heterocycles. The lowest BCUT2D eigenvalue weighted by Crippen LogP contribution is -2.54. The van der Waals surface area contributed by atoms with E-state index in [1.54, 1.807) is 30.7 Å². The van der Waals surface area contributed by atoms with Gasteiger partial charge in [-0.15, -0.1) is 0 Å². The summed E-state index contributed by atoms with van der Waals surface area (Å²) >= 11 is -0.183. The van der Waals surface area contributed by atoms with Gasteiger partial charge in [-0.3, -0.25) is 13.9 Å². The third-order valence-electron chi connectivity index (χ3n) is 8.44. The van der Waals surface area contributed by atoms with E-state index in [1.807, 2.05) is 31.2 Å². The number of ether oxygens (including phenoxy) is 1. The normalized spacial score (nSPS) is 23.9. The first kappa shape index (κ1) is 34.9. The second kappa shape index (κ2) is 14.8. The number of amides is 1. The number of methoxy groups -OCH3 is 1. The highest BCUT2D eigenvalue weighted by Crippen LogP contribution is 2.52. The Hall–Kier alpha value is -3.45. The molecule has 15 heteroatoms. The number of nitrogens with one attached hydrogen (secondary N) is 3.